The highest BCUT2D eigenvalue weighted by Crippen LogP contribution is 2.24. The minimum absolute atomic E-state index is 0.0623. The average molecular weight is 439 g/mol. The summed E-state index contributed by atoms with van der Waals surface area (Å²) in [5.41, 5.74) is 2.36. The van der Waals surface area contributed by atoms with E-state index in [2.05, 4.69) is 20.0 Å². The van der Waals surface area contributed by atoms with E-state index in [-0.39, 0.29) is 18.0 Å². The van der Waals surface area contributed by atoms with Gasteiger partial charge in [-0.25, -0.2) is 13.1 Å². The van der Waals surface area contributed by atoms with Crippen LogP contribution in [0.15, 0.2) is 65.6 Å². The molecular weight excluding hydrogens is 418 g/mol. The number of aromatic nitrogens is 4. The molecule has 4 rings (SSSR count). The molecule has 160 valence electrons. The third-order valence-electron chi connectivity index (χ3n) is 4.52. The normalized spacial score (nSPS) is 11.5. The van der Waals surface area contributed by atoms with Crippen LogP contribution in [0.4, 0.5) is 0 Å². The Morgan fingerprint density at radius 3 is 2.61 bits per heavy atom. The van der Waals surface area contributed by atoms with Crippen molar-refractivity contribution in [1.29, 1.82) is 0 Å². The largest absolute Gasteiger partial charge is 0.495 e. The van der Waals surface area contributed by atoms with Crippen LogP contribution in [-0.4, -0.2) is 48.5 Å². The maximum atomic E-state index is 12.6. The van der Waals surface area contributed by atoms with Crippen molar-refractivity contribution in [2.45, 2.75) is 11.8 Å². The minimum atomic E-state index is -3.74. The van der Waals surface area contributed by atoms with Gasteiger partial charge in [-0.05, 0) is 30.7 Å². The second-order valence-electron chi connectivity index (χ2n) is 6.73. The molecule has 0 radical (unpaired) electrons. The third-order valence-corrected chi connectivity index (χ3v) is 6.02. The summed E-state index contributed by atoms with van der Waals surface area (Å²) >= 11 is 0. The van der Waals surface area contributed by atoms with Gasteiger partial charge in [0.25, 0.3) is 0 Å². The average Bonchev–Trinajstić information content (AvgIpc) is 3.20. The molecule has 0 fully saturated rings. The Bertz CT molecular complexity index is 1310. The number of rotatable bonds is 8. The number of hydrogen-bond donors (Lipinski definition) is 1. The smallest absolute Gasteiger partial charge is 0.244 e. The highest BCUT2D eigenvalue weighted by Gasteiger charge is 2.19. The van der Waals surface area contributed by atoms with Crippen molar-refractivity contribution >= 4 is 15.7 Å². The molecule has 2 heterocycles. The van der Waals surface area contributed by atoms with Crippen molar-refractivity contribution < 1.29 is 17.9 Å². The molecule has 0 saturated heterocycles. The molecule has 0 atom stereocenters. The lowest BCUT2D eigenvalue weighted by molar-refractivity contribution is 0.305. The van der Waals surface area contributed by atoms with Crippen LogP contribution < -0.4 is 14.2 Å². The summed E-state index contributed by atoms with van der Waals surface area (Å²) in [6.07, 6.45) is 0. The van der Waals surface area contributed by atoms with Crippen molar-refractivity contribution in [1.82, 2.24) is 24.5 Å². The predicted molar refractivity (Wildman–Crippen MR) is 115 cm³/mol. The second kappa shape index (κ2) is 8.70. The van der Waals surface area contributed by atoms with Crippen LogP contribution in [0.3, 0.4) is 0 Å². The summed E-state index contributed by atoms with van der Waals surface area (Å²) in [5.74, 6) is 1.21. The molecular formula is C21H21N5O4S. The molecule has 0 unspecified atom stereocenters. The Balaban J connectivity index is 1.43. The molecule has 0 aliphatic heterocycles. The van der Waals surface area contributed by atoms with Gasteiger partial charge in [-0.3, -0.25) is 0 Å². The molecule has 0 aliphatic rings. The lowest BCUT2D eigenvalue weighted by Gasteiger charge is -2.12. The topological polar surface area (TPSA) is 108 Å². The summed E-state index contributed by atoms with van der Waals surface area (Å²) in [4.78, 5) is 0.0807. The maximum absolute atomic E-state index is 12.6. The molecule has 0 saturated carbocycles. The van der Waals surface area contributed by atoms with Gasteiger partial charge in [0.05, 0.1) is 7.11 Å². The van der Waals surface area contributed by atoms with Gasteiger partial charge in [0.1, 0.15) is 17.3 Å². The summed E-state index contributed by atoms with van der Waals surface area (Å²) < 4.78 is 40.1. The van der Waals surface area contributed by atoms with Crippen LogP contribution in [0.2, 0.25) is 0 Å². The first-order chi connectivity index (χ1) is 15.0. The van der Waals surface area contributed by atoms with Crippen molar-refractivity contribution in [3.63, 3.8) is 0 Å². The lowest BCUT2D eigenvalue weighted by Crippen LogP contribution is -2.28. The second-order valence-corrected chi connectivity index (χ2v) is 8.47. The van der Waals surface area contributed by atoms with Crippen LogP contribution in [-0.2, 0) is 10.0 Å². The Labute approximate surface area is 179 Å². The van der Waals surface area contributed by atoms with Crippen molar-refractivity contribution in [3.05, 3.63) is 66.2 Å². The Morgan fingerprint density at radius 2 is 1.84 bits per heavy atom. The Hall–Kier alpha value is -3.50. The quantitative estimate of drug-likeness (QED) is 0.420. The van der Waals surface area contributed by atoms with Crippen molar-refractivity contribution in [2.24, 2.45) is 0 Å². The standard InChI is InChI=1S/C21H21N5O4S/c1-15-8-9-18(17(14-15)29-2)31(27,28)22-12-13-30-20-11-10-19-23-24-21(26(19)25-20)16-6-4-3-5-7-16/h3-11,14,22H,12-13H2,1-2H3. The maximum Gasteiger partial charge on any atom is 0.244 e. The van der Waals surface area contributed by atoms with E-state index in [4.69, 9.17) is 9.47 Å². The number of hydrogen-bond acceptors (Lipinski definition) is 7. The van der Waals surface area contributed by atoms with Crippen LogP contribution in [0, 0.1) is 6.92 Å². The van der Waals surface area contributed by atoms with Gasteiger partial charge in [0.2, 0.25) is 15.9 Å². The Kier molecular flexibility index (Phi) is 5.83. The van der Waals surface area contributed by atoms with E-state index >= 15 is 0 Å². The molecule has 9 nitrogen and oxygen atoms in total. The number of nitrogens with zero attached hydrogens (tertiary/aromatic N) is 4. The SMILES string of the molecule is COc1cc(C)ccc1S(=O)(=O)NCCOc1ccc2nnc(-c3ccccc3)n2n1. The molecule has 10 heteroatoms. The molecule has 0 aliphatic carbocycles. The Morgan fingerprint density at radius 1 is 1.03 bits per heavy atom. The van der Waals surface area contributed by atoms with Crippen molar-refractivity contribution in [3.8, 4) is 23.0 Å². The first-order valence-electron chi connectivity index (χ1n) is 9.53. The fourth-order valence-electron chi connectivity index (χ4n) is 3.02. The fraction of sp³-hybridized carbons (Fsp3) is 0.190. The molecule has 31 heavy (non-hydrogen) atoms. The summed E-state index contributed by atoms with van der Waals surface area (Å²) in [5, 5.41) is 12.7. The number of sulfonamides is 1. The summed E-state index contributed by atoms with van der Waals surface area (Å²) in [6.45, 7) is 2.02. The van der Waals surface area contributed by atoms with Gasteiger partial charge in [-0.1, -0.05) is 36.4 Å². The van der Waals surface area contributed by atoms with E-state index in [1.807, 2.05) is 37.3 Å². The third kappa shape index (κ3) is 4.49. The first-order valence-corrected chi connectivity index (χ1v) is 11.0. The number of ether oxygens (including phenoxy) is 2. The summed E-state index contributed by atoms with van der Waals surface area (Å²) in [7, 11) is -2.31. The number of aryl methyl sites for hydroxylation is 1. The molecule has 0 bridgehead atoms. The van der Waals surface area contributed by atoms with Crippen LogP contribution in [0.1, 0.15) is 5.56 Å². The van der Waals surface area contributed by atoms with E-state index < -0.39 is 10.0 Å². The van der Waals surface area contributed by atoms with E-state index in [1.165, 1.54) is 13.2 Å². The summed E-state index contributed by atoms with van der Waals surface area (Å²) in [6, 6.07) is 17.9. The van der Waals surface area contributed by atoms with Crippen molar-refractivity contribution in [2.75, 3.05) is 20.3 Å². The molecule has 0 amide bonds. The van der Waals surface area contributed by atoms with E-state index in [0.29, 0.717) is 23.1 Å². The zero-order valence-corrected chi connectivity index (χ0v) is 17.8. The monoisotopic (exact) mass is 439 g/mol. The fourth-order valence-corrected chi connectivity index (χ4v) is 4.18. The van der Waals surface area contributed by atoms with Gasteiger partial charge in [0.15, 0.2) is 11.5 Å². The molecule has 1 N–H and O–H groups in total. The molecule has 2 aromatic carbocycles. The number of methoxy groups -OCH3 is 1. The highest BCUT2D eigenvalue weighted by molar-refractivity contribution is 7.89. The minimum Gasteiger partial charge on any atom is -0.495 e. The van der Waals surface area contributed by atoms with Crippen LogP contribution in [0.25, 0.3) is 17.0 Å². The van der Waals surface area contributed by atoms with E-state index in [9.17, 15) is 8.42 Å². The van der Waals surface area contributed by atoms with Gasteiger partial charge in [-0.15, -0.1) is 15.3 Å². The zero-order chi connectivity index (χ0) is 21.8. The molecule has 2 aromatic heterocycles. The van der Waals surface area contributed by atoms with Crippen LogP contribution >= 0.6 is 0 Å². The highest BCUT2D eigenvalue weighted by atomic mass is 32.2. The van der Waals surface area contributed by atoms with E-state index in [0.717, 1.165) is 11.1 Å². The van der Waals surface area contributed by atoms with E-state index in [1.54, 1.807) is 28.8 Å². The van der Waals surface area contributed by atoms with Gasteiger partial charge < -0.3 is 9.47 Å². The van der Waals surface area contributed by atoms with Gasteiger partial charge >= 0.3 is 0 Å². The van der Waals surface area contributed by atoms with Crippen LogP contribution in [0.5, 0.6) is 11.6 Å². The first kappa shape index (κ1) is 20.8. The number of nitrogens with one attached hydrogen (secondary N) is 1. The molecule has 0 spiro atoms. The lowest BCUT2D eigenvalue weighted by atomic mass is 10.2. The molecule has 4 aromatic rings. The van der Waals surface area contributed by atoms with Gasteiger partial charge in [0, 0.05) is 18.2 Å². The number of fused-ring (bicyclic) bond motifs is 1. The van der Waals surface area contributed by atoms with Gasteiger partial charge in [-0.2, -0.15) is 4.52 Å². The number of benzene rings is 2. The zero-order valence-electron chi connectivity index (χ0n) is 17.0. The predicted octanol–water partition coefficient (Wildman–Crippen LogP) is 2.47.